The van der Waals surface area contributed by atoms with E-state index < -0.39 is 0 Å². The smallest absolute Gasteiger partial charge is 0.00134 e. The maximum absolute atomic E-state index is 3.51. The molecule has 18 heavy (non-hydrogen) atoms. The fourth-order valence-electron chi connectivity index (χ4n) is 3.37. The lowest BCUT2D eigenvalue weighted by Gasteiger charge is -2.37. The molecule has 0 amide bonds. The number of nitrogens with one attached hydrogen (secondary N) is 1. The van der Waals surface area contributed by atoms with Gasteiger partial charge in [-0.25, -0.2) is 0 Å². The number of halogens is 2. The zero-order valence-corrected chi connectivity index (χ0v) is 13.4. The molecule has 110 valence electrons. The van der Waals surface area contributed by atoms with Gasteiger partial charge >= 0.3 is 0 Å². The molecule has 2 nitrogen and oxygen atoms in total. The molecule has 0 aromatic carbocycles. The number of hydrogen-bond donors (Lipinski definition) is 1. The van der Waals surface area contributed by atoms with E-state index in [1.165, 1.54) is 77.7 Å². The number of unbranched alkanes of at least 4 members (excludes halogenated alkanes) is 1. The van der Waals surface area contributed by atoms with Gasteiger partial charge in [0.15, 0.2) is 0 Å². The van der Waals surface area contributed by atoms with Crippen molar-refractivity contribution in [3.63, 3.8) is 0 Å². The number of likely N-dealkylation sites (tertiary alicyclic amines) is 1. The van der Waals surface area contributed by atoms with Crippen molar-refractivity contribution in [1.29, 1.82) is 0 Å². The summed E-state index contributed by atoms with van der Waals surface area (Å²) >= 11 is 0. The third-order valence-corrected chi connectivity index (χ3v) is 4.63. The van der Waals surface area contributed by atoms with Gasteiger partial charge in [0.1, 0.15) is 0 Å². The topological polar surface area (TPSA) is 15.3 Å². The van der Waals surface area contributed by atoms with Gasteiger partial charge in [0, 0.05) is 0 Å². The maximum atomic E-state index is 3.51. The zero-order chi connectivity index (χ0) is 11.3. The molecule has 0 atom stereocenters. The van der Waals surface area contributed by atoms with E-state index in [0.29, 0.717) is 5.41 Å². The number of nitrogens with zero attached hydrogens (tertiary/aromatic N) is 1. The monoisotopic (exact) mass is 296 g/mol. The van der Waals surface area contributed by atoms with Gasteiger partial charge in [0.05, 0.1) is 0 Å². The van der Waals surface area contributed by atoms with Gasteiger partial charge in [-0.1, -0.05) is 13.3 Å². The average molecular weight is 297 g/mol. The Morgan fingerprint density at radius 2 is 1.72 bits per heavy atom. The van der Waals surface area contributed by atoms with Crippen LogP contribution in [0.5, 0.6) is 0 Å². The molecule has 0 unspecified atom stereocenters. The fourth-order valence-corrected chi connectivity index (χ4v) is 3.37. The molecule has 2 aliphatic heterocycles. The van der Waals surface area contributed by atoms with Gasteiger partial charge in [-0.15, -0.1) is 24.8 Å². The second-order valence-corrected chi connectivity index (χ2v) is 5.80. The average Bonchev–Trinajstić information content (AvgIpc) is 2.51. The van der Waals surface area contributed by atoms with Crippen molar-refractivity contribution < 1.29 is 0 Å². The molecule has 2 rings (SSSR count). The van der Waals surface area contributed by atoms with E-state index in [2.05, 4.69) is 17.1 Å². The summed E-state index contributed by atoms with van der Waals surface area (Å²) in [6, 6.07) is 0. The Morgan fingerprint density at radius 1 is 1.00 bits per heavy atom. The van der Waals surface area contributed by atoms with E-state index in [1.54, 1.807) is 0 Å². The predicted octanol–water partition coefficient (Wildman–Crippen LogP) is 3.49. The summed E-state index contributed by atoms with van der Waals surface area (Å²) in [5, 5.41) is 3.51. The Morgan fingerprint density at radius 3 is 2.39 bits per heavy atom. The van der Waals surface area contributed by atoms with Crippen molar-refractivity contribution in [2.75, 3.05) is 32.7 Å². The van der Waals surface area contributed by atoms with Crippen LogP contribution < -0.4 is 5.32 Å². The highest BCUT2D eigenvalue weighted by molar-refractivity contribution is 5.85. The van der Waals surface area contributed by atoms with E-state index in [0.717, 1.165) is 0 Å². The first kappa shape index (κ1) is 18.5. The van der Waals surface area contributed by atoms with Crippen LogP contribution in [-0.2, 0) is 0 Å². The Labute approximate surface area is 125 Å². The van der Waals surface area contributed by atoms with Gasteiger partial charge in [-0.3, -0.25) is 0 Å². The predicted molar refractivity (Wildman–Crippen MR) is 84.2 cm³/mol. The summed E-state index contributed by atoms with van der Waals surface area (Å²) in [6.45, 7) is 8.87. The lowest BCUT2D eigenvalue weighted by atomic mass is 9.73. The molecule has 1 spiro atoms. The quantitative estimate of drug-likeness (QED) is 0.858. The van der Waals surface area contributed by atoms with Crippen molar-refractivity contribution in [3.05, 3.63) is 0 Å². The maximum Gasteiger partial charge on any atom is -0.00134 e. The van der Waals surface area contributed by atoms with E-state index in [-0.39, 0.29) is 24.8 Å². The largest absolute Gasteiger partial charge is 0.317 e. The Kier molecular flexibility index (Phi) is 9.67. The molecule has 1 N–H and O–H groups in total. The molecule has 0 aliphatic carbocycles. The summed E-state index contributed by atoms with van der Waals surface area (Å²) in [5.41, 5.74) is 0.714. The van der Waals surface area contributed by atoms with Crippen molar-refractivity contribution in [3.8, 4) is 0 Å². The molecule has 0 aromatic heterocycles. The third kappa shape index (κ3) is 5.24. The summed E-state index contributed by atoms with van der Waals surface area (Å²) in [4.78, 5) is 2.71. The lowest BCUT2D eigenvalue weighted by Crippen LogP contribution is -2.37. The zero-order valence-electron chi connectivity index (χ0n) is 11.7. The van der Waals surface area contributed by atoms with Gasteiger partial charge in [-0.2, -0.15) is 0 Å². The minimum absolute atomic E-state index is 0. The summed E-state index contributed by atoms with van der Waals surface area (Å²) in [6.07, 6.45) is 9.95. The van der Waals surface area contributed by atoms with Crippen LogP contribution in [0.15, 0.2) is 0 Å². The summed E-state index contributed by atoms with van der Waals surface area (Å²) in [7, 11) is 0. The number of rotatable bonds is 3. The highest BCUT2D eigenvalue weighted by atomic mass is 35.5. The Bertz CT molecular complexity index is 206. The molecule has 2 heterocycles. The lowest BCUT2D eigenvalue weighted by molar-refractivity contribution is 0.168. The van der Waals surface area contributed by atoms with E-state index >= 15 is 0 Å². The van der Waals surface area contributed by atoms with E-state index in [9.17, 15) is 0 Å². The van der Waals surface area contributed by atoms with Crippen molar-refractivity contribution in [2.24, 2.45) is 5.41 Å². The van der Waals surface area contributed by atoms with Crippen molar-refractivity contribution >= 4 is 24.8 Å². The van der Waals surface area contributed by atoms with E-state index in [4.69, 9.17) is 0 Å². The first-order valence-electron chi connectivity index (χ1n) is 7.28. The molecule has 0 bridgehead atoms. The van der Waals surface area contributed by atoms with Gasteiger partial charge < -0.3 is 10.2 Å². The first-order valence-corrected chi connectivity index (χ1v) is 7.28. The van der Waals surface area contributed by atoms with Crippen LogP contribution in [0.25, 0.3) is 0 Å². The SMILES string of the molecule is CCCCN1CCCC2(CCNCC2)CC1.Cl.Cl. The Balaban J connectivity index is 0.00000144. The fraction of sp³-hybridized carbons (Fsp3) is 1.00. The van der Waals surface area contributed by atoms with Crippen LogP contribution in [0.2, 0.25) is 0 Å². The standard InChI is InChI=1S/C14H28N2.2ClH/c1-2-3-11-16-12-4-5-14(8-13-16)6-9-15-10-7-14;;/h15H,2-13H2,1H3;2*1H. The van der Waals surface area contributed by atoms with Crippen molar-refractivity contribution in [2.45, 2.75) is 51.9 Å². The number of hydrogen-bond acceptors (Lipinski definition) is 2. The molecule has 2 saturated heterocycles. The van der Waals surface area contributed by atoms with Crippen LogP contribution in [0, 0.1) is 5.41 Å². The minimum atomic E-state index is 0. The van der Waals surface area contributed by atoms with Gasteiger partial charge in [-0.05, 0) is 76.7 Å². The minimum Gasteiger partial charge on any atom is -0.317 e. The molecule has 4 heteroatoms. The number of piperidine rings is 1. The van der Waals surface area contributed by atoms with Crippen molar-refractivity contribution in [1.82, 2.24) is 10.2 Å². The second kappa shape index (κ2) is 9.41. The van der Waals surface area contributed by atoms with Crippen LogP contribution in [-0.4, -0.2) is 37.6 Å². The van der Waals surface area contributed by atoms with Gasteiger partial charge in [0.25, 0.3) is 0 Å². The third-order valence-electron chi connectivity index (χ3n) is 4.63. The van der Waals surface area contributed by atoms with Crippen LogP contribution in [0.3, 0.4) is 0 Å². The molecule has 2 aliphatic rings. The molecular weight excluding hydrogens is 267 g/mol. The molecule has 0 radical (unpaired) electrons. The Hall–Kier alpha value is 0.500. The second-order valence-electron chi connectivity index (χ2n) is 5.80. The molecule has 0 saturated carbocycles. The van der Waals surface area contributed by atoms with E-state index in [1.807, 2.05) is 0 Å². The highest BCUT2D eigenvalue weighted by Crippen LogP contribution is 2.39. The summed E-state index contributed by atoms with van der Waals surface area (Å²) in [5.74, 6) is 0. The molecular formula is C14H30Cl2N2. The first-order chi connectivity index (χ1) is 7.85. The normalized spacial score (nSPS) is 23.8. The van der Waals surface area contributed by atoms with Gasteiger partial charge in [0.2, 0.25) is 0 Å². The van der Waals surface area contributed by atoms with Crippen LogP contribution >= 0.6 is 24.8 Å². The summed E-state index contributed by atoms with van der Waals surface area (Å²) < 4.78 is 0. The highest BCUT2D eigenvalue weighted by Gasteiger charge is 2.33. The molecule has 0 aromatic rings. The van der Waals surface area contributed by atoms with Crippen LogP contribution in [0.4, 0.5) is 0 Å². The van der Waals surface area contributed by atoms with Crippen LogP contribution in [0.1, 0.15) is 51.9 Å². The molecule has 2 fully saturated rings.